The van der Waals surface area contributed by atoms with Crippen LogP contribution in [0.2, 0.25) is 0 Å². The second-order valence-electron chi connectivity index (χ2n) is 9.30. The molecule has 0 fully saturated rings. The smallest absolute Gasteiger partial charge is 0.298 e. The number of nitrogen functional groups attached to an aromatic ring is 1. The van der Waals surface area contributed by atoms with Crippen LogP contribution in [0.4, 0.5) is 11.4 Å². The van der Waals surface area contributed by atoms with Gasteiger partial charge in [0.25, 0.3) is 5.91 Å². The minimum absolute atomic E-state index is 0.263. The Balaban J connectivity index is 1.73. The van der Waals surface area contributed by atoms with E-state index >= 15 is 0 Å². The minimum atomic E-state index is -0.607. The molecule has 3 amide bonds. The molecule has 2 aromatic carbocycles. The van der Waals surface area contributed by atoms with E-state index in [1.807, 2.05) is 30.6 Å². The molecule has 7 N–H and O–H groups in total. The number of nitrogens with two attached hydrogens (primary N) is 3. The lowest BCUT2D eigenvalue weighted by Crippen LogP contribution is -2.26. The summed E-state index contributed by atoms with van der Waals surface area (Å²) in [6.45, 7) is 4.97. The highest BCUT2D eigenvalue weighted by molar-refractivity contribution is 5.99. The zero-order valence-corrected chi connectivity index (χ0v) is 23.3. The first-order chi connectivity index (χ1) is 19.5. The number of ether oxygens (including phenoxy) is 1. The second-order valence-corrected chi connectivity index (χ2v) is 9.30. The van der Waals surface area contributed by atoms with Crippen molar-refractivity contribution in [3.63, 3.8) is 0 Å². The number of nitrogens with zero attached hydrogens (tertiary/aromatic N) is 5. The van der Waals surface area contributed by atoms with E-state index in [0.29, 0.717) is 70.4 Å². The van der Waals surface area contributed by atoms with Crippen molar-refractivity contribution in [1.82, 2.24) is 18.9 Å². The highest BCUT2D eigenvalue weighted by atomic mass is 16.5. The average Bonchev–Trinajstić information content (AvgIpc) is 3.45. The molecule has 4 rings (SSSR count). The highest BCUT2D eigenvalue weighted by Crippen LogP contribution is 2.27. The number of carbonyl (C=O) groups excluding carboxylic acids is 3. The topological polar surface area (TPSA) is 191 Å². The van der Waals surface area contributed by atoms with E-state index in [9.17, 15) is 14.4 Å². The Hall–Kier alpha value is -5.33. The van der Waals surface area contributed by atoms with Crippen LogP contribution in [0.5, 0.6) is 5.75 Å². The number of carbonyl (C=O) groups is 3. The molecule has 2 heterocycles. The number of anilines is 2. The maximum atomic E-state index is 13.3. The largest absolute Gasteiger partial charge is 0.494 e. The lowest BCUT2D eigenvalue weighted by molar-refractivity contribution is 0.0980. The van der Waals surface area contributed by atoms with Gasteiger partial charge in [-0.3, -0.25) is 19.1 Å². The summed E-state index contributed by atoms with van der Waals surface area (Å²) in [5.74, 6) is -1.21. The standard InChI is InChI=1S/C28H33N9O4/c1-5-37-22(12-16(2)34-37)27(40)33-28-35(3)21-14-18(26(31)39)15-23(41-4)24(21)36(28)11-7-6-10-32-20-9-8-17(25(30)38)13-19(20)29/h6-9,12-15,32H,5,10-11,29H2,1-4H3,(H2,30,38)(H2,31,39)/b7-6+,33-28+. The van der Waals surface area contributed by atoms with Gasteiger partial charge in [0.15, 0.2) is 0 Å². The first-order valence-electron chi connectivity index (χ1n) is 12.8. The van der Waals surface area contributed by atoms with E-state index in [-0.39, 0.29) is 5.56 Å². The molecule has 214 valence electrons. The molecule has 0 unspecified atom stereocenters. The van der Waals surface area contributed by atoms with Crippen LogP contribution in [0.3, 0.4) is 0 Å². The van der Waals surface area contributed by atoms with Gasteiger partial charge < -0.3 is 36.4 Å². The second kappa shape index (κ2) is 11.8. The van der Waals surface area contributed by atoms with Crippen molar-refractivity contribution in [2.75, 3.05) is 24.7 Å². The zero-order valence-electron chi connectivity index (χ0n) is 23.3. The van der Waals surface area contributed by atoms with E-state index in [0.717, 1.165) is 0 Å². The van der Waals surface area contributed by atoms with Gasteiger partial charge in [-0.1, -0.05) is 12.2 Å². The summed E-state index contributed by atoms with van der Waals surface area (Å²) in [4.78, 5) is 41.2. The molecule has 0 saturated carbocycles. The van der Waals surface area contributed by atoms with E-state index in [1.54, 1.807) is 46.6 Å². The molecule has 0 aliphatic carbocycles. The average molecular weight is 560 g/mol. The fourth-order valence-corrected chi connectivity index (χ4v) is 4.53. The molecular weight excluding hydrogens is 526 g/mol. The number of methoxy groups -OCH3 is 1. The Bertz CT molecular complexity index is 1760. The van der Waals surface area contributed by atoms with Gasteiger partial charge in [0.1, 0.15) is 17.0 Å². The van der Waals surface area contributed by atoms with Crippen LogP contribution in [0.15, 0.2) is 53.5 Å². The number of aryl methyl sites for hydroxylation is 3. The number of aromatic nitrogens is 4. The van der Waals surface area contributed by atoms with Gasteiger partial charge in [-0.25, -0.2) is 0 Å². The van der Waals surface area contributed by atoms with Gasteiger partial charge >= 0.3 is 0 Å². The monoisotopic (exact) mass is 559 g/mol. The highest BCUT2D eigenvalue weighted by Gasteiger charge is 2.19. The number of benzene rings is 2. The summed E-state index contributed by atoms with van der Waals surface area (Å²) in [5, 5.41) is 7.55. The van der Waals surface area contributed by atoms with E-state index in [4.69, 9.17) is 21.9 Å². The maximum Gasteiger partial charge on any atom is 0.298 e. The number of hydrogen-bond acceptors (Lipinski definition) is 7. The van der Waals surface area contributed by atoms with Crippen LogP contribution >= 0.6 is 0 Å². The van der Waals surface area contributed by atoms with Crippen molar-refractivity contribution < 1.29 is 19.1 Å². The Morgan fingerprint density at radius 3 is 2.44 bits per heavy atom. The molecule has 0 atom stereocenters. The van der Waals surface area contributed by atoms with Gasteiger partial charge in [-0.15, -0.1) is 0 Å². The number of primary amides is 2. The summed E-state index contributed by atoms with van der Waals surface area (Å²) in [7, 11) is 3.25. The Kier molecular flexibility index (Phi) is 8.26. The molecule has 13 heteroatoms. The molecule has 0 bridgehead atoms. The normalized spacial score (nSPS) is 11.9. The summed E-state index contributed by atoms with van der Waals surface area (Å²) in [5.41, 5.74) is 21.2. The van der Waals surface area contributed by atoms with Crippen LogP contribution in [-0.2, 0) is 20.1 Å². The number of amides is 3. The first kappa shape index (κ1) is 28.7. The molecule has 4 aromatic rings. The molecule has 13 nitrogen and oxygen atoms in total. The third-order valence-electron chi connectivity index (χ3n) is 6.56. The van der Waals surface area contributed by atoms with Gasteiger partial charge in [-0.2, -0.15) is 10.1 Å². The fourth-order valence-electron chi connectivity index (χ4n) is 4.53. The molecule has 0 saturated heterocycles. The van der Waals surface area contributed by atoms with Crippen LogP contribution in [0.25, 0.3) is 11.0 Å². The van der Waals surface area contributed by atoms with Crippen molar-refractivity contribution >= 4 is 40.1 Å². The van der Waals surface area contributed by atoms with Gasteiger partial charge in [0.2, 0.25) is 17.4 Å². The lowest BCUT2D eigenvalue weighted by Gasteiger charge is -2.09. The number of hydrogen-bond donors (Lipinski definition) is 4. The molecular formula is C28H33N9O4. The van der Waals surface area contributed by atoms with E-state index in [1.165, 1.54) is 13.2 Å². The predicted molar refractivity (Wildman–Crippen MR) is 156 cm³/mol. The van der Waals surface area contributed by atoms with Crippen molar-refractivity contribution in [2.24, 2.45) is 23.5 Å². The number of nitrogens with one attached hydrogen (secondary N) is 1. The summed E-state index contributed by atoms with van der Waals surface area (Å²) >= 11 is 0. The molecule has 2 aromatic heterocycles. The van der Waals surface area contributed by atoms with Gasteiger partial charge in [0.05, 0.1) is 29.7 Å². The first-order valence-corrected chi connectivity index (χ1v) is 12.8. The van der Waals surface area contributed by atoms with Gasteiger partial charge in [-0.05, 0) is 50.2 Å². The summed E-state index contributed by atoms with van der Waals surface area (Å²) in [6, 6.07) is 9.71. The molecule has 0 spiro atoms. The zero-order chi connectivity index (χ0) is 29.8. The SMILES string of the molecule is CCn1nc(C)cc1C(=O)/N=c1\n(C)c2cc(C(N)=O)cc(OC)c2n1C/C=C/CNc1ccc(C(N)=O)cc1N. The lowest BCUT2D eigenvalue weighted by atomic mass is 10.1. The Labute approximate surface area is 235 Å². The van der Waals surface area contributed by atoms with Crippen LogP contribution < -0.4 is 32.9 Å². The predicted octanol–water partition coefficient (Wildman–Crippen LogP) is 1.70. The summed E-state index contributed by atoms with van der Waals surface area (Å²) < 4.78 is 10.8. The number of fused-ring (bicyclic) bond motifs is 1. The fraction of sp³-hybridized carbons (Fsp3) is 0.250. The molecule has 41 heavy (non-hydrogen) atoms. The third kappa shape index (κ3) is 5.83. The van der Waals surface area contributed by atoms with E-state index in [2.05, 4.69) is 15.4 Å². The number of imidazole rings is 1. The Morgan fingerprint density at radius 2 is 1.80 bits per heavy atom. The Morgan fingerprint density at radius 1 is 1.07 bits per heavy atom. The molecule has 0 aliphatic rings. The molecule has 0 aliphatic heterocycles. The van der Waals surface area contributed by atoms with Crippen LogP contribution in [0.1, 0.15) is 43.8 Å². The van der Waals surface area contributed by atoms with Crippen molar-refractivity contribution in [3.8, 4) is 5.75 Å². The quantitative estimate of drug-likeness (QED) is 0.168. The maximum absolute atomic E-state index is 13.3. The summed E-state index contributed by atoms with van der Waals surface area (Å²) in [6.07, 6.45) is 3.78. The van der Waals surface area contributed by atoms with Crippen LogP contribution in [-0.4, -0.2) is 50.3 Å². The molecule has 0 radical (unpaired) electrons. The van der Waals surface area contributed by atoms with Crippen LogP contribution in [0, 0.1) is 6.92 Å². The number of rotatable bonds is 10. The van der Waals surface area contributed by atoms with Crippen molar-refractivity contribution in [3.05, 3.63) is 76.7 Å². The number of allylic oxidation sites excluding steroid dienone is 1. The third-order valence-corrected chi connectivity index (χ3v) is 6.56. The van der Waals surface area contributed by atoms with Gasteiger partial charge in [0, 0.05) is 37.8 Å². The van der Waals surface area contributed by atoms with Crippen molar-refractivity contribution in [2.45, 2.75) is 26.9 Å². The van der Waals surface area contributed by atoms with E-state index < -0.39 is 17.7 Å². The minimum Gasteiger partial charge on any atom is -0.494 e. The van der Waals surface area contributed by atoms with Crippen molar-refractivity contribution in [1.29, 1.82) is 0 Å².